The molecule has 14 heavy (non-hydrogen) atoms. The fraction of sp³-hybridized carbons (Fsp3) is 0.778. The van der Waals surface area contributed by atoms with Crippen LogP contribution in [0.25, 0.3) is 0 Å². The molecule has 0 aliphatic heterocycles. The number of allylic oxidation sites excluding steroid dienone is 1. The molecule has 0 unspecified atom stereocenters. The van der Waals surface area contributed by atoms with Gasteiger partial charge in [-0.05, 0) is 13.3 Å². The molecule has 4 nitrogen and oxygen atoms in total. The van der Waals surface area contributed by atoms with Gasteiger partial charge in [-0.25, -0.2) is 0 Å². The minimum atomic E-state index is -2.36. The summed E-state index contributed by atoms with van der Waals surface area (Å²) in [5, 5.41) is 3.15. The molecule has 0 radical (unpaired) electrons. The van der Waals surface area contributed by atoms with Crippen molar-refractivity contribution in [3.8, 4) is 0 Å². The predicted molar refractivity (Wildman–Crippen MR) is 59.0 cm³/mol. The minimum absolute atomic E-state index is 0.816. The number of rotatable bonds is 8. The van der Waals surface area contributed by atoms with Crippen molar-refractivity contribution in [2.75, 3.05) is 27.9 Å². The summed E-state index contributed by atoms with van der Waals surface area (Å²) in [5.74, 6) is 0. The van der Waals surface area contributed by atoms with Crippen LogP contribution in [0, 0.1) is 0 Å². The summed E-state index contributed by atoms with van der Waals surface area (Å²) < 4.78 is 15.9. The van der Waals surface area contributed by atoms with E-state index in [1.807, 2.05) is 6.92 Å². The first-order valence-electron chi connectivity index (χ1n) is 4.65. The Balaban J connectivity index is 3.77. The summed E-state index contributed by atoms with van der Waals surface area (Å²) in [5.41, 5.74) is 0.976. The molecule has 0 amide bonds. The van der Waals surface area contributed by atoms with Gasteiger partial charge >= 0.3 is 8.80 Å². The molecule has 0 aromatic carbocycles. The van der Waals surface area contributed by atoms with E-state index in [0.717, 1.165) is 24.7 Å². The van der Waals surface area contributed by atoms with Gasteiger partial charge < -0.3 is 18.6 Å². The van der Waals surface area contributed by atoms with Crippen molar-refractivity contribution in [3.05, 3.63) is 12.3 Å². The van der Waals surface area contributed by atoms with Crippen LogP contribution in [0.15, 0.2) is 12.3 Å². The Morgan fingerprint density at radius 2 is 1.71 bits per heavy atom. The molecule has 0 heterocycles. The van der Waals surface area contributed by atoms with Crippen molar-refractivity contribution in [2.45, 2.75) is 19.4 Å². The molecule has 0 rings (SSSR count). The highest BCUT2D eigenvalue weighted by Gasteiger charge is 2.36. The third-order valence-electron chi connectivity index (χ3n) is 2.02. The molecule has 0 aliphatic carbocycles. The second-order valence-electron chi connectivity index (χ2n) is 3.11. The maximum absolute atomic E-state index is 5.29. The van der Waals surface area contributed by atoms with Gasteiger partial charge in [0.25, 0.3) is 0 Å². The van der Waals surface area contributed by atoms with Crippen LogP contribution in [0.4, 0.5) is 0 Å². The number of hydrogen-bond donors (Lipinski definition) is 1. The zero-order valence-corrected chi connectivity index (χ0v) is 10.6. The highest BCUT2D eigenvalue weighted by molar-refractivity contribution is 6.60. The lowest BCUT2D eigenvalue weighted by molar-refractivity contribution is 0.123. The van der Waals surface area contributed by atoms with Crippen LogP contribution in [0.3, 0.4) is 0 Å². The third kappa shape index (κ3) is 4.76. The molecule has 5 heteroatoms. The highest BCUT2D eigenvalue weighted by Crippen LogP contribution is 2.14. The van der Waals surface area contributed by atoms with Crippen LogP contribution >= 0.6 is 0 Å². The lowest BCUT2D eigenvalue weighted by Crippen LogP contribution is -2.43. The van der Waals surface area contributed by atoms with Crippen molar-refractivity contribution < 1.29 is 13.3 Å². The first-order valence-corrected chi connectivity index (χ1v) is 6.58. The van der Waals surface area contributed by atoms with Gasteiger partial charge in [-0.15, -0.1) is 0 Å². The smallest absolute Gasteiger partial charge is 0.389 e. The Bertz CT molecular complexity index is 163. The second-order valence-corrected chi connectivity index (χ2v) is 6.20. The fourth-order valence-corrected chi connectivity index (χ4v) is 2.89. The minimum Gasteiger partial charge on any atom is -0.389 e. The van der Waals surface area contributed by atoms with E-state index in [4.69, 9.17) is 13.3 Å². The van der Waals surface area contributed by atoms with Crippen molar-refractivity contribution in [1.82, 2.24) is 5.32 Å². The summed E-state index contributed by atoms with van der Waals surface area (Å²) in [7, 11) is 2.53. The molecule has 0 bridgehead atoms. The van der Waals surface area contributed by atoms with E-state index in [2.05, 4.69) is 11.9 Å². The summed E-state index contributed by atoms with van der Waals surface area (Å²) in [4.78, 5) is 0. The van der Waals surface area contributed by atoms with Crippen molar-refractivity contribution in [1.29, 1.82) is 0 Å². The second kappa shape index (κ2) is 7.00. The van der Waals surface area contributed by atoms with Gasteiger partial charge in [0, 0.05) is 39.6 Å². The van der Waals surface area contributed by atoms with Crippen LogP contribution in [-0.2, 0) is 13.3 Å². The molecule has 1 N–H and O–H groups in total. The van der Waals surface area contributed by atoms with Crippen LogP contribution in [0.2, 0.25) is 6.04 Å². The lowest BCUT2D eigenvalue weighted by Gasteiger charge is -2.24. The van der Waals surface area contributed by atoms with Gasteiger partial charge in [-0.2, -0.15) is 0 Å². The van der Waals surface area contributed by atoms with Crippen LogP contribution in [0.5, 0.6) is 0 Å². The standard InChI is InChI=1S/C9H21NO3Si/c1-9(2)10-7-6-8-14(11-3,12-4)13-5/h10H,1,6-8H2,2-5H3. The number of hydrogen-bond acceptors (Lipinski definition) is 4. The lowest BCUT2D eigenvalue weighted by atomic mass is 10.4. The van der Waals surface area contributed by atoms with Crippen molar-refractivity contribution in [2.24, 2.45) is 0 Å². The first-order chi connectivity index (χ1) is 6.60. The van der Waals surface area contributed by atoms with Crippen molar-refractivity contribution >= 4 is 8.80 Å². The third-order valence-corrected chi connectivity index (χ3v) is 4.85. The van der Waals surface area contributed by atoms with E-state index >= 15 is 0 Å². The fourth-order valence-electron chi connectivity index (χ4n) is 1.16. The summed E-state index contributed by atoms with van der Waals surface area (Å²) in [6.45, 7) is 6.57. The molecule has 0 fully saturated rings. The highest BCUT2D eigenvalue weighted by atomic mass is 28.4. The summed E-state index contributed by atoms with van der Waals surface area (Å²) in [6.07, 6.45) is 0.953. The molecule has 0 saturated carbocycles. The summed E-state index contributed by atoms with van der Waals surface area (Å²) >= 11 is 0. The maximum Gasteiger partial charge on any atom is 0.500 e. The van der Waals surface area contributed by atoms with Crippen LogP contribution < -0.4 is 5.32 Å². The molecule has 0 saturated heterocycles. The topological polar surface area (TPSA) is 39.7 Å². The van der Waals surface area contributed by atoms with Gasteiger partial charge in [0.15, 0.2) is 0 Å². The van der Waals surface area contributed by atoms with Gasteiger partial charge in [0.1, 0.15) is 0 Å². The quantitative estimate of drug-likeness (QED) is 0.494. The Hall–Kier alpha value is -0.363. The Morgan fingerprint density at radius 1 is 1.21 bits per heavy atom. The zero-order chi connectivity index (χ0) is 11.0. The SMILES string of the molecule is C=C(C)NCCC[Si](OC)(OC)OC. The van der Waals surface area contributed by atoms with E-state index in [0.29, 0.717) is 0 Å². The van der Waals surface area contributed by atoms with E-state index in [-0.39, 0.29) is 0 Å². The molecule has 0 aromatic heterocycles. The number of nitrogens with one attached hydrogen (secondary N) is 1. The van der Waals surface area contributed by atoms with Crippen molar-refractivity contribution in [3.63, 3.8) is 0 Å². The van der Waals surface area contributed by atoms with Gasteiger partial charge in [0.05, 0.1) is 0 Å². The van der Waals surface area contributed by atoms with Gasteiger partial charge in [-0.1, -0.05) is 6.58 Å². The monoisotopic (exact) mass is 219 g/mol. The molecule has 84 valence electrons. The van der Waals surface area contributed by atoms with Gasteiger partial charge in [-0.3, -0.25) is 0 Å². The molecule has 0 aromatic rings. The summed E-state index contributed by atoms with van der Waals surface area (Å²) in [6, 6.07) is 0.816. The zero-order valence-electron chi connectivity index (χ0n) is 9.55. The molecular formula is C9H21NO3Si. The Kier molecular flexibility index (Phi) is 6.82. The van der Waals surface area contributed by atoms with Crippen LogP contribution in [0.1, 0.15) is 13.3 Å². The van der Waals surface area contributed by atoms with Crippen LogP contribution in [-0.4, -0.2) is 36.7 Å². The molecule has 0 atom stereocenters. The Morgan fingerprint density at radius 3 is 2.07 bits per heavy atom. The maximum atomic E-state index is 5.29. The van der Waals surface area contributed by atoms with E-state index in [9.17, 15) is 0 Å². The molecular weight excluding hydrogens is 198 g/mol. The molecule has 0 spiro atoms. The average molecular weight is 219 g/mol. The Labute approximate surface area is 87.6 Å². The van der Waals surface area contributed by atoms with E-state index in [1.165, 1.54) is 0 Å². The van der Waals surface area contributed by atoms with E-state index < -0.39 is 8.80 Å². The van der Waals surface area contributed by atoms with Gasteiger partial charge in [0.2, 0.25) is 0 Å². The average Bonchev–Trinajstić information content (AvgIpc) is 2.19. The van der Waals surface area contributed by atoms with E-state index in [1.54, 1.807) is 21.3 Å². The first kappa shape index (κ1) is 13.6. The predicted octanol–water partition coefficient (Wildman–Crippen LogP) is 1.38. The normalized spacial score (nSPS) is 11.4. The molecule has 0 aliphatic rings. The largest absolute Gasteiger partial charge is 0.500 e.